The molecule has 17 heavy (non-hydrogen) atoms. The molecule has 0 N–H and O–H groups in total. The topological polar surface area (TPSA) is 23.8 Å². The van der Waals surface area contributed by atoms with E-state index < -0.39 is 17.2 Å². The van der Waals surface area contributed by atoms with E-state index in [9.17, 15) is 13.2 Å². The van der Waals surface area contributed by atoms with Crippen LogP contribution in [0.15, 0.2) is 18.2 Å². The highest BCUT2D eigenvalue weighted by molar-refractivity contribution is 6.31. The molecule has 5 heteroatoms. The van der Waals surface area contributed by atoms with Gasteiger partial charge in [-0.25, -0.2) is 0 Å². The molecule has 90 valence electrons. The lowest BCUT2D eigenvalue weighted by Gasteiger charge is -2.36. The van der Waals surface area contributed by atoms with Crippen molar-refractivity contribution in [3.8, 4) is 6.07 Å². The van der Waals surface area contributed by atoms with Gasteiger partial charge in [0, 0.05) is 0 Å². The van der Waals surface area contributed by atoms with Crippen molar-refractivity contribution in [3.05, 3.63) is 34.3 Å². The minimum absolute atomic E-state index is 0.325. The van der Waals surface area contributed by atoms with Crippen LogP contribution in [-0.4, -0.2) is 0 Å². The Bertz CT molecular complexity index is 484. The van der Waals surface area contributed by atoms with Crippen molar-refractivity contribution in [2.45, 2.75) is 30.9 Å². The van der Waals surface area contributed by atoms with Crippen LogP contribution in [0.5, 0.6) is 0 Å². The van der Waals surface area contributed by atoms with Crippen LogP contribution < -0.4 is 0 Å². The Kier molecular flexibility index (Phi) is 2.82. The second-order valence-corrected chi connectivity index (χ2v) is 4.65. The van der Waals surface area contributed by atoms with E-state index >= 15 is 0 Å². The Morgan fingerprint density at radius 2 is 1.94 bits per heavy atom. The lowest BCUT2D eigenvalue weighted by atomic mass is 9.65. The van der Waals surface area contributed by atoms with Gasteiger partial charge in [0.15, 0.2) is 0 Å². The Balaban J connectivity index is 2.49. The van der Waals surface area contributed by atoms with Crippen LogP contribution in [0.4, 0.5) is 13.2 Å². The minimum Gasteiger partial charge on any atom is -0.197 e. The lowest BCUT2D eigenvalue weighted by molar-refractivity contribution is -0.137. The molecule has 1 aliphatic carbocycles. The van der Waals surface area contributed by atoms with Crippen molar-refractivity contribution >= 4 is 11.6 Å². The molecule has 1 nitrogen and oxygen atoms in total. The van der Waals surface area contributed by atoms with Crippen molar-refractivity contribution in [2.24, 2.45) is 0 Å². The fourth-order valence-electron chi connectivity index (χ4n) is 2.04. The molecule has 0 amide bonds. The first-order valence-corrected chi connectivity index (χ1v) is 5.55. The second kappa shape index (κ2) is 3.92. The molecule has 2 rings (SSSR count). The minimum atomic E-state index is -4.48. The predicted molar refractivity (Wildman–Crippen MR) is 57.6 cm³/mol. The van der Waals surface area contributed by atoms with Crippen LogP contribution in [0.1, 0.15) is 30.4 Å². The third-order valence-electron chi connectivity index (χ3n) is 3.25. The molecule has 1 aliphatic rings. The average Bonchev–Trinajstić information content (AvgIpc) is 2.17. The van der Waals surface area contributed by atoms with Gasteiger partial charge in [-0.2, -0.15) is 18.4 Å². The first-order chi connectivity index (χ1) is 7.89. The summed E-state index contributed by atoms with van der Waals surface area (Å²) in [5, 5.41) is 8.76. The van der Waals surface area contributed by atoms with Gasteiger partial charge in [0.05, 0.1) is 22.1 Å². The molecule has 0 atom stereocenters. The number of halogens is 4. The van der Waals surface area contributed by atoms with Crippen molar-refractivity contribution in [1.29, 1.82) is 5.26 Å². The Morgan fingerprint density at radius 3 is 2.35 bits per heavy atom. The SMILES string of the molecule is N#CC1(c2ccc(Cl)c(C(F)(F)F)c2)CCC1. The zero-order valence-corrected chi connectivity index (χ0v) is 9.57. The lowest BCUT2D eigenvalue weighted by Crippen LogP contribution is -2.32. The maximum Gasteiger partial charge on any atom is 0.417 e. The van der Waals surface area contributed by atoms with Gasteiger partial charge in [-0.15, -0.1) is 0 Å². The molecule has 0 aromatic heterocycles. The summed E-state index contributed by atoms with van der Waals surface area (Å²) in [6, 6.07) is 5.86. The smallest absolute Gasteiger partial charge is 0.197 e. The first-order valence-electron chi connectivity index (χ1n) is 5.17. The van der Waals surface area contributed by atoms with E-state index in [1.54, 1.807) is 0 Å². The summed E-state index contributed by atoms with van der Waals surface area (Å²) >= 11 is 5.53. The molecule has 0 saturated heterocycles. The van der Waals surface area contributed by atoms with Crippen LogP contribution >= 0.6 is 11.6 Å². The number of nitriles is 1. The third-order valence-corrected chi connectivity index (χ3v) is 3.58. The van der Waals surface area contributed by atoms with E-state index in [0.717, 1.165) is 12.5 Å². The normalized spacial score (nSPS) is 18.3. The van der Waals surface area contributed by atoms with Crippen LogP contribution in [0.3, 0.4) is 0 Å². The molecule has 0 spiro atoms. The van der Waals surface area contributed by atoms with E-state index in [2.05, 4.69) is 6.07 Å². The summed E-state index contributed by atoms with van der Waals surface area (Å²) in [7, 11) is 0. The summed E-state index contributed by atoms with van der Waals surface area (Å²) in [6.07, 6.45) is -2.38. The fraction of sp³-hybridized carbons (Fsp3) is 0.417. The quantitative estimate of drug-likeness (QED) is 0.737. The summed E-state index contributed by atoms with van der Waals surface area (Å²) in [4.78, 5) is 0. The van der Waals surface area contributed by atoms with Gasteiger partial charge in [0.2, 0.25) is 0 Å². The highest BCUT2D eigenvalue weighted by Crippen LogP contribution is 2.45. The number of hydrogen-bond donors (Lipinski definition) is 0. The summed E-state index contributed by atoms with van der Waals surface area (Å²) in [5.74, 6) is 0. The van der Waals surface area contributed by atoms with Crippen LogP contribution in [-0.2, 0) is 11.6 Å². The Morgan fingerprint density at radius 1 is 1.29 bits per heavy atom. The first kappa shape index (κ1) is 12.3. The maximum atomic E-state index is 12.7. The molecule has 1 aromatic rings. The van der Waals surface area contributed by atoms with Gasteiger partial charge in [0.25, 0.3) is 0 Å². The molecule has 0 unspecified atom stereocenters. The zero-order valence-electron chi connectivity index (χ0n) is 8.81. The molecule has 0 radical (unpaired) electrons. The van der Waals surface area contributed by atoms with E-state index in [1.165, 1.54) is 12.1 Å². The van der Waals surface area contributed by atoms with Crippen molar-refractivity contribution in [3.63, 3.8) is 0 Å². The molecule has 0 heterocycles. The molecule has 1 aromatic carbocycles. The molecular weight excluding hydrogens is 251 g/mol. The van der Waals surface area contributed by atoms with E-state index in [1.807, 2.05) is 0 Å². The van der Waals surface area contributed by atoms with Crippen LogP contribution in [0.2, 0.25) is 5.02 Å². The molecule has 0 bridgehead atoms. The van der Waals surface area contributed by atoms with Gasteiger partial charge in [-0.1, -0.05) is 17.7 Å². The summed E-state index contributed by atoms with van der Waals surface area (Å²) in [6.45, 7) is 0. The van der Waals surface area contributed by atoms with Crippen molar-refractivity contribution < 1.29 is 13.2 Å². The number of benzene rings is 1. The standard InChI is InChI=1S/C12H9ClF3N/c13-10-3-2-8(6-9(10)12(14,15)16)11(7-17)4-1-5-11/h2-3,6H,1,4-5H2. The van der Waals surface area contributed by atoms with E-state index in [4.69, 9.17) is 16.9 Å². The number of hydrogen-bond acceptors (Lipinski definition) is 1. The predicted octanol–water partition coefficient (Wildman–Crippen LogP) is 4.30. The molecule has 1 fully saturated rings. The largest absolute Gasteiger partial charge is 0.417 e. The van der Waals surface area contributed by atoms with Crippen molar-refractivity contribution in [1.82, 2.24) is 0 Å². The van der Waals surface area contributed by atoms with Gasteiger partial charge in [-0.3, -0.25) is 0 Å². The van der Waals surface area contributed by atoms with Crippen LogP contribution in [0, 0.1) is 11.3 Å². The molecule has 1 saturated carbocycles. The Hall–Kier alpha value is -1.21. The van der Waals surface area contributed by atoms with Crippen molar-refractivity contribution in [2.75, 3.05) is 0 Å². The average molecular weight is 260 g/mol. The van der Waals surface area contributed by atoms with Gasteiger partial charge in [-0.05, 0) is 37.0 Å². The summed E-state index contributed by atoms with van der Waals surface area (Å²) < 4.78 is 38.0. The van der Waals surface area contributed by atoms with Gasteiger partial charge >= 0.3 is 6.18 Å². The highest BCUT2D eigenvalue weighted by atomic mass is 35.5. The van der Waals surface area contributed by atoms with Crippen LogP contribution in [0.25, 0.3) is 0 Å². The summed E-state index contributed by atoms with van der Waals surface area (Å²) in [5.41, 5.74) is -1.19. The maximum absolute atomic E-state index is 12.7. The monoisotopic (exact) mass is 259 g/mol. The van der Waals surface area contributed by atoms with E-state index in [-0.39, 0.29) is 5.02 Å². The molecule has 0 aliphatic heterocycles. The fourth-order valence-corrected chi connectivity index (χ4v) is 2.26. The molecular formula is C12H9ClF3N. The number of rotatable bonds is 1. The highest BCUT2D eigenvalue weighted by Gasteiger charge is 2.41. The van der Waals surface area contributed by atoms with E-state index in [0.29, 0.717) is 18.4 Å². The number of nitrogens with zero attached hydrogens (tertiary/aromatic N) is 1. The van der Waals surface area contributed by atoms with Gasteiger partial charge in [0.1, 0.15) is 0 Å². The second-order valence-electron chi connectivity index (χ2n) is 4.24. The third kappa shape index (κ3) is 2.00. The Labute approximate surface area is 102 Å². The zero-order chi connectivity index (χ0) is 12.7. The number of alkyl halides is 3. The van der Waals surface area contributed by atoms with Gasteiger partial charge < -0.3 is 0 Å².